The Balaban J connectivity index is 2.79. The predicted octanol–water partition coefficient (Wildman–Crippen LogP) is 3.14. The minimum absolute atomic E-state index is 0.156. The first-order valence-electron chi connectivity index (χ1n) is 6.16. The van der Waals surface area contributed by atoms with Gasteiger partial charge in [-0.05, 0) is 17.5 Å². The molecule has 0 aromatic heterocycles. The molecule has 6 heteroatoms. The Morgan fingerprint density at radius 3 is 2.25 bits per heavy atom. The molecule has 0 fully saturated rings. The number of amides is 1. The average Bonchev–Trinajstić information content (AvgIpc) is 2.33. The van der Waals surface area contributed by atoms with E-state index >= 15 is 0 Å². The second kappa shape index (κ2) is 6.66. The summed E-state index contributed by atoms with van der Waals surface area (Å²) in [6.45, 7) is 5.84. The maximum Gasteiger partial charge on any atom is 0.251 e. The van der Waals surface area contributed by atoms with E-state index < -0.39 is 6.10 Å². The second-order valence-electron chi connectivity index (χ2n) is 5.56. The number of hydrogen-bond donors (Lipinski definition) is 2. The van der Waals surface area contributed by atoms with E-state index in [0.29, 0.717) is 11.3 Å². The molecule has 0 heterocycles. The normalized spacial score (nSPS) is 12.9. The Kier molecular flexibility index (Phi) is 5.68. The molecule has 112 valence electrons. The molecule has 0 spiro atoms. The molecule has 20 heavy (non-hydrogen) atoms. The van der Waals surface area contributed by atoms with E-state index in [9.17, 15) is 9.90 Å². The lowest BCUT2D eigenvalue weighted by Crippen LogP contribution is -2.39. The monoisotopic (exact) mass is 319 g/mol. The molecule has 0 aliphatic carbocycles. The molecule has 1 atom stereocenters. The topological polar surface area (TPSA) is 58.6 Å². The highest BCUT2D eigenvalue weighted by molar-refractivity contribution is 6.37. The summed E-state index contributed by atoms with van der Waals surface area (Å²) >= 11 is 12.0. The smallest absolute Gasteiger partial charge is 0.251 e. The molecule has 1 aromatic carbocycles. The van der Waals surface area contributed by atoms with Gasteiger partial charge in [0.05, 0.1) is 23.3 Å². The van der Waals surface area contributed by atoms with Crippen LogP contribution in [0.2, 0.25) is 10.0 Å². The lowest BCUT2D eigenvalue weighted by molar-refractivity contribution is 0.0587. The Bertz CT molecular complexity index is 475. The van der Waals surface area contributed by atoms with Crippen molar-refractivity contribution in [2.45, 2.75) is 26.9 Å². The molecule has 0 saturated heterocycles. The van der Waals surface area contributed by atoms with Gasteiger partial charge in [-0.3, -0.25) is 4.79 Å². The Morgan fingerprint density at radius 2 is 1.85 bits per heavy atom. The van der Waals surface area contributed by atoms with Crippen LogP contribution >= 0.6 is 23.2 Å². The van der Waals surface area contributed by atoms with Crippen molar-refractivity contribution < 1.29 is 14.6 Å². The SMILES string of the molecule is COc1c(Cl)cc(C(=O)NCC(O)C(C)(C)C)cc1Cl. The average molecular weight is 320 g/mol. The zero-order valence-electron chi connectivity index (χ0n) is 12.0. The summed E-state index contributed by atoms with van der Waals surface area (Å²) in [4.78, 5) is 12.0. The first kappa shape index (κ1) is 17.1. The highest BCUT2D eigenvalue weighted by atomic mass is 35.5. The number of hydrogen-bond acceptors (Lipinski definition) is 3. The van der Waals surface area contributed by atoms with E-state index in [0.717, 1.165) is 0 Å². The van der Waals surface area contributed by atoms with Gasteiger partial charge in [0.1, 0.15) is 0 Å². The van der Waals surface area contributed by atoms with Crippen molar-refractivity contribution in [2.24, 2.45) is 5.41 Å². The largest absolute Gasteiger partial charge is 0.494 e. The van der Waals surface area contributed by atoms with Crippen molar-refractivity contribution >= 4 is 29.1 Å². The highest BCUT2D eigenvalue weighted by Crippen LogP contribution is 2.33. The minimum atomic E-state index is -0.643. The molecule has 4 nitrogen and oxygen atoms in total. The van der Waals surface area contributed by atoms with Crippen LogP contribution in [0, 0.1) is 5.41 Å². The van der Waals surface area contributed by atoms with Crippen LogP contribution in [-0.2, 0) is 0 Å². The summed E-state index contributed by atoms with van der Waals surface area (Å²) in [5.74, 6) is -0.0145. The van der Waals surface area contributed by atoms with Crippen LogP contribution < -0.4 is 10.1 Å². The summed E-state index contributed by atoms with van der Waals surface area (Å²) in [5, 5.41) is 13.1. The van der Waals surface area contributed by atoms with Crippen LogP contribution in [0.1, 0.15) is 31.1 Å². The number of ether oxygens (including phenoxy) is 1. The van der Waals surface area contributed by atoms with Gasteiger partial charge in [0.2, 0.25) is 0 Å². The second-order valence-corrected chi connectivity index (χ2v) is 6.38. The number of methoxy groups -OCH3 is 1. The van der Waals surface area contributed by atoms with Crippen molar-refractivity contribution in [3.05, 3.63) is 27.7 Å². The van der Waals surface area contributed by atoms with Crippen LogP contribution in [0.15, 0.2) is 12.1 Å². The fraction of sp³-hybridized carbons (Fsp3) is 0.500. The lowest BCUT2D eigenvalue weighted by atomic mass is 9.89. The number of aliphatic hydroxyl groups excluding tert-OH is 1. The third kappa shape index (κ3) is 4.27. The van der Waals surface area contributed by atoms with Crippen molar-refractivity contribution in [2.75, 3.05) is 13.7 Å². The quantitative estimate of drug-likeness (QED) is 0.896. The maximum atomic E-state index is 12.0. The van der Waals surface area contributed by atoms with Gasteiger partial charge in [-0.25, -0.2) is 0 Å². The number of carbonyl (C=O) groups is 1. The van der Waals surface area contributed by atoms with Crippen molar-refractivity contribution in [3.63, 3.8) is 0 Å². The summed E-state index contributed by atoms with van der Waals surface area (Å²) in [7, 11) is 1.45. The minimum Gasteiger partial charge on any atom is -0.494 e. The van der Waals surface area contributed by atoms with Gasteiger partial charge >= 0.3 is 0 Å². The van der Waals surface area contributed by atoms with Gasteiger partial charge in [-0.2, -0.15) is 0 Å². The van der Waals surface area contributed by atoms with E-state index in [2.05, 4.69) is 5.32 Å². The van der Waals surface area contributed by atoms with Crippen LogP contribution in [0.4, 0.5) is 0 Å². The fourth-order valence-electron chi connectivity index (χ4n) is 1.48. The number of carbonyl (C=O) groups excluding carboxylic acids is 1. The van der Waals surface area contributed by atoms with Crippen molar-refractivity contribution in [1.82, 2.24) is 5.32 Å². The van der Waals surface area contributed by atoms with Crippen LogP contribution in [0.25, 0.3) is 0 Å². The molecule has 1 amide bonds. The molecule has 1 aromatic rings. The van der Waals surface area contributed by atoms with Gasteiger partial charge in [-0.1, -0.05) is 44.0 Å². The van der Waals surface area contributed by atoms with Crippen molar-refractivity contribution in [1.29, 1.82) is 0 Å². The Hall–Kier alpha value is -0.970. The van der Waals surface area contributed by atoms with Gasteiger partial charge in [0.25, 0.3) is 5.91 Å². The van der Waals surface area contributed by atoms with Crippen LogP contribution in [-0.4, -0.2) is 30.8 Å². The maximum absolute atomic E-state index is 12.0. The number of halogens is 2. The van der Waals surface area contributed by atoms with Gasteiger partial charge < -0.3 is 15.2 Å². The Labute approximate surface area is 129 Å². The number of rotatable bonds is 4. The zero-order valence-corrected chi connectivity index (χ0v) is 13.5. The highest BCUT2D eigenvalue weighted by Gasteiger charge is 2.23. The van der Waals surface area contributed by atoms with E-state index in [1.54, 1.807) is 0 Å². The first-order chi connectivity index (χ1) is 9.16. The van der Waals surface area contributed by atoms with Crippen molar-refractivity contribution in [3.8, 4) is 5.75 Å². The van der Waals surface area contributed by atoms with E-state index in [-0.39, 0.29) is 27.9 Å². The molecule has 0 bridgehead atoms. The third-order valence-corrected chi connectivity index (χ3v) is 3.48. The van der Waals surface area contributed by atoms with Gasteiger partial charge in [0.15, 0.2) is 5.75 Å². The summed E-state index contributed by atoms with van der Waals surface area (Å²) in [6.07, 6.45) is -0.643. The summed E-state index contributed by atoms with van der Waals surface area (Å²) in [6, 6.07) is 2.95. The molecular formula is C14H19Cl2NO3. The van der Waals surface area contributed by atoms with E-state index in [1.807, 2.05) is 20.8 Å². The Morgan fingerprint density at radius 1 is 1.35 bits per heavy atom. The molecule has 2 N–H and O–H groups in total. The molecule has 0 radical (unpaired) electrons. The van der Waals surface area contributed by atoms with Crippen LogP contribution in [0.5, 0.6) is 5.75 Å². The molecule has 1 rings (SSSR count). The zero-order chi connectivity index (χ0) is 15.5. The first-order valence-corrected chi connectivity index (χ1v) is 6.91. The molecule has 0 aliphatic rings. The standard InChI is InChI=1S/C14H19Cl2NO3/c1-14(2,3)11(18)7-17-13(19)8-5-9(15)12(20-4)10(16)6-8/h5-6,11,18H,7H2,1-4H3,(H,17,19). The van der Waals surface area contributed by atoms with Gasteiger partial charge in [-0.15, -0.1) is 0 Å². The molecular weight excluding hydrogens is 301 g/mol. The third-order valence-electron chi connectivity index (χ3n) is 2.92. The van der Waals surface area contributed by atoms with Gasteiger partial charge in [0, 0.05) is 12.1 Å². The summed E-state index contributed by atoms with van der Waals surface area (Å²) < 4.78 is 5.02. The van der Waals surface area contributed by atoms with E-state index in [1.165, 1.54) is 19.2 Å². The number of benzene rings is 1. The predicted molar refractivity (Wildman–Crippen MR) is 80.8 cm³/mol. The summed E-state index contributed by atoms with van der Waals surface area (Å²) in [5.41, 5.74) is 0.0181. The molecule has 0 aliphatic heterocycles. The lowest BCUT2D eigenvalue weighted by Gasteiger charge is -2.25. The number of aliphatic hydroxyl groups is 1. The fourth-order valence-corrected chi connectivity index (χ4v) is 2.12. The molecule has 1 unspecified atom stereocenters. The number of nitrogens with one attached hydrogen (secondary N) is 1. The molecule has 0 saturated carbocycles. The van der Waals surface area contributed by atoms with E-state index in [4.69, 9.17) is 27.9 Å². The van der Waals surface area contributed by atoms with Crippen LogP contribution in [0.3, 0.4) is 0 Å².